The molecule has 1 amide bonds. The van der Waals surface area contributed by atoms with Gasteiger partial charge in [0.2, 0.25) is 5.91 Å². The highest BCUT2D eigenvalue weighted by Crippen LogP contribution is 2.21. The van der Waals surface area contributed by atoms with Crippen molar-refractivity contribution < 1.29 is 9.72 Å². The van der Waals surface area contributed by atoms with Crippen molar-refractivity contribution in [1.29, 1.82) is 0 Å². The first-order valence-corrected chi connectivity index (χ1v) is 4.73. The molecule has 0 fully saturated rings. The topological polar surface area (TPSA) is 98.3 Å². The van der Waals surface area contributed by atoms with Gasteiger partial charge in [0.1, 0.15) is 0 Å². The largest absolute Gasteiger partial charge is 0.324 e. The molecule has 1 atom stereocenters. The van der Waals surface area contributed by atoms with Crippen LogP contribution in [0.15, 0.2) is 18.2 Å². The molecule has 0 saturated heterocycles. The fraction of sp³-hybridized carbons (Fsp3) is 0.300. The van der Waals surface area contributed by atoms with Crippen LogP contribution in [0.5, 0.6) is 0 Å². The molecule has 1 rings (SSSR count). The summed E-state index contributed by atoms with van der Waals surface area (Å²) in [4.78, 5) is 21.4. The fourth-order valence-corrected chi connectivity index (χ4v) is 1.10. The zero-order chi connectivity index (χ0) is 12.3. The SMILES string of the molecule is Cc1ccc([N+](=O)[O-])cc1NC(=O)[C@@H](C)N.Cl. The quantitative estimate of drug-likeness (QED) is 0.636. The van der Waals surface area contributed by atoms with Crippen LogP contribution in [-0.2, 0) is 4.79 Å². The Morgan fingerprint density at radius 3 is 2.59 bits per heavy atom. The van der Waals surface area contributed by atoms with Gasteiger partial charge in [-0.1, -0.05) is 6.07 Å². The maximum atomic E-state index is 11.3. The summed E-state index contributed by atoms with van der Waals surface area (Å²) in [5.41, 5.74) is 6.48. The van der Waals surface area contributed by atoms with Gasteiger partial charge in [-0.2, -0.15) is 0 Å². The lowest BCUT2D eigenvalue weighted by molar-refractivity contribution is -0.384. The smallest absolute Gasteiger partial charge is 0.271 e. The molecule has 0 bridgehead atoms. The monoisotopic (exact) mass is 259 g/mol. The molecular formula is C10H14ClN3O3. The molecule has 94 valence electrons. The minimum absolute atomic E-state index is 0. The van der Waals surface area contributed by atoms with Crippen molar-refractivity contribution in [3.05, 3.63) is 33.9 Å². The first-order chi connectivity index (χ1) is 7.41. The van der Waals surface area contributed by atoms with E-state index in [0.717, 1.165) is 5.56 Å². The Balaban J connectivity index is 0.00000256. The number of nitro benzene ring substituents is 1. The highest BCUT2D eigenvalue weighted by atomic mass is 35.5. The highest BCUT2D eigenvalue weighted by molar-refractivity contribution is 5.95. The van der Waals surface area contributed by atoms with Gasteiger partial charge in [0.25, 0.3) is 5.69 Å². The first-order valence-electron chi connectivity index (χ1n) is 4.73. The maximum Gasteiger partial charge on any atom is 0.271 e. The number of nitrogens with one attached hydrogen (secondary N) is 1. The van der Waals surface area contributed by atoms with Crippen molar-refractivity contribution in [3.8, 4) is 0 Å². The van der Waals surface area contributed by atoms with E-state index in [-0.39, 0.29) is 24.0 Å². The van der Waals surface area contributed by atoms with Crippen LogP contribution < -0.4 is 11.1 Å². The van der Waals surface area contributed by atoms with Gasteiger partial charge >= 0.3 is 0 Å². The second-order valence-corrected chi connectivity index (χ2v) is 3.53. The summed E-state index contributed by atoms with van der Waals surface area (Å²) in [6.45, 7) is 3.29. The van der Waals surface area contributed by atoms with Crippen LogP contribution in [0.3, 0.4) is 0 Å². The molecule has 0 aliphatic heterocycles. The number of nitrogens with zero attached hydrogens (tertiary/aromatic N) is 1. The number of halogens is 1. The molecule has 1 aromatic rings. The molecule has 1 aromatic carbocycles. The minimum atomic E-state index is -0.654. The standard InChI is InChI=1S/C10H13N3O3.ClH/c1-6-3-4-8(13(15)16)5-9(6)12-10(14)7(2)11;/h3-5,7H,11H2,1-2H3,(H,12,14);1H/t7-;/m1./s1. The summed E-state index contributed by atoms with van der Waals surface area (Å²) in [6.07, 6.45) is 0. The Morgan fingerprint density at radius 1 is 1.53 bits per heavy atom. The van der Waals surface area contributed by atoms with Crippen molar-refractivity contribution in [2.24, 2.45) is 5.73 Å². The van der Waals surface area contributed by atoms with Crippen molar-refractivity contribution in [2.75, 3.05) is 5.32 Å². The molecule has 3 N–H and O–H groups in total. The summed E-state index contributed by atoms with van der Waals surface area (Å²) in [5.74, 6) is -0.372. The van der Waals surface area contributed by atoms with Gasteiger partial charge in [0.05, 0.1) is 16.7 Å². The Kier molecular flexibility index (Phi) is 5.57. The second-order valence-electron chi connectivity index (χ2n) is 3.53. The molecule has 0 aliphatic carbocycles. The molecule has 0 aliphatic rings. The zero-order valence-corrected chi connectivity index (χ0v) is 10.3. The number of carbonyl (C=O) groups is 1. The number of hydrogen-bond donors (Lipinski definition) is 2. The van der Waals surface area contributed by atoms with Crippen LogP contribution in [0.1, 0.15) is 12.5 Å². The zero-order valence-electron chi connectivity index (χ0n) is 9.47. The number of anilines is 1. The van der Waals surface area contributed by atoms with Crippen molar-refractivity contribution in [2.45, 2.75) is 19.9 Å². The normalized spacial score (nSPS) is 11.2. The first kappa shape index (κ1) is 15.3. The Bertz CT molecular complexity index is 435. The number of hydrogen-bond acceptors (Lipinski definition) is 4. The number of nitro groups is 1. The van der Waals surface area contributed by atoms with Crippen LogP contribution in [0, 0.1) is 17.0 Å². The summed E-state index contributed by atoms with van der Waals surface area (Å²) >= 11 is 0. The van der Waals surface area contributed by atoms with Gasteiger partial charge in [-0.25, -0.2) is 0 Å². The van der Waals surface area contributed by atoms with E-state index in [2.05, 4.69) is 5.32 Å². The number of aryl methyl sites for hydroxylation is 1. The molecule has 0 aromatic heterocycles. The molecule has 0 heterocycles. The number of rotatable bonds is 3. The third kappa shape index (κ3) is 4.01. The molecular weight excluding hydrogens is 246 g/mol. The predicted octanol–water partition coefficient (Wildman–Crippen LogP) is 1.61. The van der Waals surface area contributed by atoms with E-state index in [4.69, 9.17) is 5.73 Å². The molecule has 0 saturated carbocycles. The van der Waals surface area contributed by atoms with Crippen LogP contribution in [0.4, 0.5) is 11.4 Å². The second kappa shape index (κ2) is 6.17. The van der Waals surface area contributed by atoms with Crippen LogP contribution in [0.25, 0.3) is 0 Å². The Labute approximate surface area is 105 Å². The van der Waals surface area contributed by atoms with Gasteiger partial charge < -0.3 is 11.1 Å². The van der Waals surface area contributed by atoms with Crippen LogP contribution in [-0.4, -0.2) is 16.9 Å². The van der Waals surface area contributed by atoms with E-state index in [0.29, 0.717) is 5.69 Å². The average molecular weight is 260 g/mol. The van der Waals surface area contributed by atoms with Crippen molar-refractivity contribution in [1.82, 2.24) is 0 Å². The van der Waals surface area contributed by atoms with Crippen molar-refractivity contribution >= 4 is 29.7 Å². The minimum Gasteiger partial charge on any atom is -0.324 e. The molecule has 7 heteroatoms. The van der Waals surface area contributed by atoms with E-state index < -0.39 is 11.0 Å². The fourth-order valence-electron chi connectivity index (χ4n) is 1.10. The van der Waals surface area contributed by atoms with Crippen LogP contribution >= 0.6 is 12.4 Å². The van der Waals surface area contributed by atoms with E-state index in [1.807, 2.05) is 0 Å². The lowest BCUT2D eigenvalue weighted by Gasteiger charge is -2.09. The van der Waals surface area contributed by atoms with E-state index in [9.17, 15) is 14.9 Å². The van der Waals surface area contributed by atoms with Gasteiger partial charge in [-0.3, -0.25) is 14.9 Å². The van der Waals surface area contributed by atoms with Gasteiger partial charge in [-0.05, 0) is 19.4 Å². The predicted molar refractivity (Wildman–Crippen MR) is 67.4 cm³/mol. The van der Waals surface area contributed by atoms with E-state index in [1.54, 1.807) is 19.9 Å². The summed E-state index contributed by atoms with van der Waals surface area (Å²) in [7, 11) is 0. The number of non-ortho nitro benzene ring substituents is 1. The number of benzene rings is 1. The Morgan fingerprint density at radius 2 is 2.12 bits per heavy atom. The molecule has 0 unspecified atom stereocenters. The molecule has 0 spiro atoms. The van der Waals surface area contributed by atoms with Gasteiger partial charge in [-0.15, -0.1) is 12.4 Å². The van der Waals surface area contributed by atoms with E-state index >= 15 is 0 Å². The molecule has 17 heavy (non-hydrogen) atoms. The van der Waals surface area contributed by atoms with Gasteiger partial charge in [0, 0.05) is 12.1 Å². The molecule has 6 nitrogen and oxygen atoms in total. The lowest BCUT2D eigenvalue weighted by Crippen LogP contribution is -2.32. The molecule has 0 radical (unpaired) electrons. The number of nitrogens with two attached hydrogens (primary N) is 1. The number of carbonyl (C=O) groups excluding carboxylic acids is 1. The van der Waals surface area contributed by atoms with E-state index in [1.165, 1.54) is 12.1 Å². The summed E-state index contributed by atoms with van der Waals surface area (Å²) < 4.78 is 0. The summed E-state index contributed by atoms with van der Waals surface area (Å²) in [6, 6.07) is 3.63. The third-order valence-corrected chi connectivity index (χ3v) is 2.10. The van der Waals surface area contributed by atoms with Gasteiger partial charge in [0.15, 0.2) is 0 Å². The summed E-state index contributed by atoms with van der Waals surface area (Å²) in [5, 5.41) is 13.1. The lowest BCUT2D eigenvalue weighted by atomic mass is 10.1. The number of amides is 1. The average Bonchev–Trinajstić information content (AvgIpc) is 2.20. The highest BCUT2D eigenvalue weighted by Gasteiger charge is 2.12. The van der Waals surface area contributed by atoms with Crippen molar-refractivity contribution in [3.63, 3.8) is 0 Å². The third-order valence-electron chi connectivity index (χ3n) is 2.10. The maximum absolute atomic E-state index is 11.3. The Hall–Kier alpha value is -1.66. The van der Waals surface area contributed by atoms with Crippen LogP contribution in [0.2, 0.25) is 0 Å².